The van der Waals surface area contributed by atoms with Crippen LogP contribution in [0.4, 0.5) is 0 Å². The summed E-state index contributed by atoms with van der Waals surface area (Å²) in [4.78, 5) is 25.6. The average molecular weight is 234 g/mol. The summed E-state index contributed by atoms with van der Waals surface area (Å²) < 4.78 is 0. The lowest BCUT2D eigenvalue weighted by Gasteiger charge is -2.25. The van der Waals surface area contributed by atoms with Crippen molar-refractivity contribution in [2.45, 2.75) is 19.4 Å². The molecule has 0 bridgehead atoms. The van der Waals surface area contributed by atoms with Crippen molar-refractivity contribution in [3.63, 3.8) is 0 Å². The summed E-state index contributed by atoms with van der Waals surface area (Å²) in [5.74, 6) is -1.60. The Labute approximate surface area is 99.2 Å². The molecule has 90 valence electrons. The molecule has 0 saturated heterocycles. The summed E-state index contributed by atoms with van der Waals surface area (Å²) in [6.07, 6.45) is 5.07. The topological polar surface area (TPSA) is 79.3 Å². The van der Waals surface area contributed by atoms with E-state index in [1.165, 1.54) is 0 Å². The molecule has 17 heavy (non-hydrogen) atoms. The van der Waals surface area contributed by atoms with Gasteiger partial charge in [-0.1, -0.05) is 0 Å². The first-order chi connectivity index (χ1) is 7.92. The largest absolute Gasteiger partial charge is 0.478 e. The van der Waals surface area contributed by atoms with E-state index in [2.05, 4.69) is 10.3 Å². The first-order valence-electron chi connectivity index (χ1n) is 5.05. The van der Waals surface area contributed by atoms with Crippen LogP contribution in [0.3, 0.4) is 0 Å². The van der Waals surface area contributed by atoms with Crippen molar-refractivity contribution < 1.29 is 14.7 Å². The third kappa shape index (κ3) is 4.06. The van der Waals surface area contributed by atoms with Crippen LogP contribution in [0.5, 0.6) is 0 Å². The summed E-state index contributed by atoms with van der Waals surface area (Å²) >= 11 is 0. The quantitative estimate of drug-likeness (QED) is 0.764. The number of nitrogens with zero attached hydrogens (tertiary/aromatic N) is 1. The summed E-state index contributed by atoms with van der Waals surface area (Å²) in [5, 5.41) is 11.1. The first-order valence-corrected chi connectivity index (χ1v) is 5.05. The van der Waals surface area contributed by atoms with Crippen LogP contribution in [0.2, 0.25) is 0 Å². The second-order valence-electron chi connectivity index (χ2n) is 4.02. The molecule has 0 aliphatic carbocycles. The molecular weight excluding hydrogens is 220 g/mol. The molecule has 0 aliphatic rings. The maximum absolute atomic E-state index is 11.5. The van der Waals surface area contributed by atoms with Crippen LogP contribution >= 0.6 is 0 Å². The molecule has 2 N–H and O–H groups in total. The highest BCUT2D eigenvalue weighted by Crippen LogP contribution is 2.18. The number of carboxylic acids is 1. The molecule has 1 aromatic rings. The number of amides is 1. The third-order valence-corrected chi connectivity index (χ3v) is 2.21. The minimum absolute atomic E-state index is 0.450. The minimum Gasteiger partial charge on any atom is -0.478 e. The lowest BCUT2D eigenvalue weighted by molar-refractivity contribution is -0.131. The van der Waals surface area contributed by atoms with Gasteiger partial charge in [0.2, 0.25) is 5.91 Å². The molecule has 0 radical (unpaired) electrons. The van der Waals surface area contributed by atoms with Crippen molar-refractivity contribution >= 4 is 11.9 Å². The zero-order chi connectivity index (χ0) is 12.9. The summed E-state index contributed by atoms with van der Waals surface area (Å²) in [7, 11) is 0. The maximum Gasteiger partial charge on any atom is 0.328 e. The fraction of sp³-hybridized carbons (Fsp3) is 0.250. The van der Waals surface area contributed by atoms with Crippen molar-refractivity contribution in [2.75, 3.05) is 0 Å². The number of carbonyl (C=O) groups excluding carboxylic acids is 1. The third-order valence-electron chi connectivity index (χ3n) is 2.21. The summed E-state index contributed by atoms with van der Waals surface area (Å²) in [5.41, 5.74) is 0.313. The van der Waals surface area contributed by atoms with Gasteiger partial charge in [-0.05, 0) is 31.5 Å². The normalized spacial score (nSPS) is 11.4. The van der Waals surface area contributed by atoms with E-state index in [9.17, 15) is 9.59 Å². The van der Waals surface area contributed by atoms with Crippen molar-refractivity contribution in [3.8, 4) is 0 Å². The zero-order valence-electron chi connectivity index (χ0n) is 9.68. The van der Waals surface area contributed by atoms with E-state index in [4.69, 9.17) is 5.11 Å². The van der Waals surface area contributed by atoms with Gasteiger partial charge in [0, 0.05) is 24.5 Å². The van der Waals surface area contributed by atoms with E-state index in [0.717, 1.165) is 17.7 Å². The highest BCUT2D eigenvalue weighted by atomic mass is 16.4. The van der Waals surface area contributed by atoms with Gasteiger partial charge in [0.1, 0.15) is 0 Å². The molecule has 5 heteroatoms. The molecule has 5 nitrogen and oxygen atoms in total. The van der Waals surface area contributed by atoms with Crippen LogP contribution in [0.25, 0.3) is 0 Å². The lowest BCUT2D eigenvalue weighted by Crippen LogP contribution is -2.40. The zero-order valence-corrected chi connectivity index (χ0v) is 9.68. The second kappa shape index (κ2) is 5.25. The molecule has 1 amide bonds. The van der Waals surface area contributed by atoms with Crippen LogP contribution in [0.15, 0.2) is 36.7 Å². The standard InChI is InChI=1S/C12H14N2O3/c1-12(2,9-5-7-13-8-6-9)14-10(15)3-4-11(16)17/h3-8H,1-2H3,(H,14,15)(H,16,17)/b4-3-. The number of hydrogen-bond donors (Lipinski definition) is 2. The Bertz CT molecular complexity index is 438. The molecule has 0 aliphatic heterocycles. The van der Waals surface area contributed by atoms with E-state index in [1.54, 1.807) is 24.5 Å². The van der Waals surface area contributed by atoms with Crippen LogP contribution in [-0.2, 0) is 15.1 Å². The molecule has 1 rings (SSSR count). The van der Waals surface area contributed by atoms with Crippen LogP contribution in [0.1, 0.15) is 19.4 Å². The van der Waals surface area contributed by atoms with E-state index in [0.29, 0.717) is 0 Å². The monoisotopic (exact) mass is 234 g/mol. The van der Waals surface area contributed by atoms with Gasteiger partial charge in [-0.25, -0.2) is 4.79 Å². The molecule has 0 spiro atoms. The Morgan fingerprint density at radius 3 is 2.41 bits per heavy atom. The Hall–Kier alpha value is -2.17. The summed E-state index contributed by atoms with van der Waals surface area (Å²) in [6.45, 7) is 3.66. The first kappa shape index (κ1) is 12.9. The molecule has 1 heterocycles. The van der Waals surface area contributed by atoms with Gasteiger partial charge in [-0.2, -0.15) is 0 Å². The highest BCUT2D eigenvalue weighted by Gasteiger charge is 2.21. The Kier molecular flexibility index (Phi) is 3.98. The van der Waals surface area contributed by atoms with E-state index in [1.807, 2.05) is 13.8 Å². The highest BCUT2D eigenvalue weighted by molar-refractivity contribution is 5.94. The molecule has 0 unspecified atom stereocenters. The Morgan fingerprint density at radius 1 is 1.29 bits per heavy atom. The van der Waals surface area contributed by atoms with Gasteiger partial charge in [0.05, 0.1) is 5.54 Å². The van der Waals surface area contributed by atoms with Crippen molar-refractivity contribution in [1.29, 1.82) is 0 Å². The Balaban J connectivity index is 2.74. The number of carbonyl (C=O) groups is 2. The van der Waals surface area contributed by atoms with E-state index < -0.39 is 17.4 Å². The minimum atomic E-state index is -1.15. The molecule has 0 fully saturated rings. The number of carboxylic acid groups (broad SMARTS) is 1. The predicted molar refractivity (Wildman–Crippen MR) is 62.2 cm³/mol. The van der Waals surface area contributed by atoms with Gasteiger partial charge in [0.15, 0.2) is 0 Å². The number of pyridine rings is 1. The maximum atomic E-state index is 11.5. The number of rotatable bonds is 4. The molecule has 1 aromatic heterocycles. The SMILES string of the molecule is CC(C)(NC(=O)/C=C\C(=O)O)c1ccncc1. The van der Waals surface area contributed by atoms with Crippen LogP contribution < -0.4 is 5.32 Å². The summed E-state index contributed by atoms with van der Waals surface area (Å²) in [6, 6.07) is 3.59. The van der Waals surface area contributed by atoms with Crippen molar-refractivity contribution in [1.82, 2.24) is 10.3 Å². The van der Waals surface area contributed by atoms with Crippen molar-refractivity contribution in [3.05, 3.63) is 42.2 Å². The number of nitrogens with one attached hydrogen (secondary N) is 1. The predicted octanol–water partition coefficient (Wildman–Crippen LogP) is 1.07. The number of aromatic nitrogens is 1. The molecular formula is C12H14N2O3. The van der Waals surface area contributed by atoms with Gasteiger partial charge < -0.3 is 10.4 Å². The van der Waals surface area contributed by atoms with Crippen LogP contribution in [-0.4, -0.2) is 22.0 Å². The molecule has 0 saturated carbocycles. The smallest absolute Gasteiger partial charge is 0.328 e. The van der Waals surface area contributed by atoms with Gasteiger partial charge >= 0.3 is 5.97 Å². The average Bonchev–Trinajstić information content (AvgIpc) is 2.27. The van der Waals surface area contributed by atoms with Gasteiger partial charge in [-0.3, -0.25) is 9.78 Å². The van der Waals surface area contributed by atoms with E-state index in [-0.39, 0.29) is 0 Å². The Morgan fingerprint density at radius 2 is 1.88 bits per heavy atom. The fourth-order valence-corrected chi connectivity index (χ4v) is 1.34. The van der Waals surface area contributed by atoms with E-state index >= 15 is 0 Å². The molecule has 0 aromatic carbocycles. The van der Waals surface area contributed by atoms with Crippen molar-refractivity contribution in [2.24, 2.45) is 0 Å². The van der Waals surface area contributed by atoms with Gasteiger partial charge in [0.25, 0.3) is 0 Å². The van der Waals surface area contributed by atoms with Crippen LogP contribution in [0, 0.1) is 0 Å². The molecule has 0 atom stereocenters. The lowest BCUT2D eigenvalue weighted by atomic mass is 9.95. The second-order valence-corrected chi connectivity index (χ2v) is 4.02. The van der Waals surface area contributed by atoms with Gasteiger partial charge in [-0.15, -0.1) is 0 Å². The number of aliphatic carboxylic acids is 1. The fourth-order valence-electron chi connectivity index (χ4n) is 1.34. The number of hydrogen-bond acceptors (Lipinski definition) is 3.